The number of hydrogen-bond acceptors (Lipinski definition) is 4. The SMILES string of the molecule is O=C(O)c1cc(F)ccc1NC1NC(=O)C(Cc2cccc3ccccc23)S1. The summed E-state index contributed by atoms with van der Waals surface area (Å²) in [5.41, 5.74) is 0.681. The van der Waals surface area contributed by atoms with Crippen LogP contribution in [0.1, 0.15) is 15.9 Å². The lowest BCUT2D eigenvalue weighted by Crippen LogP contribution is -2.33. The number of nitrogens with one attached hydrogen (secondary N) is 2. The fraction of sp³-hybridized carbons (Fsp3) is 0.143. The predicted molar refractivity (Wildman–Crippen MR) is 108 cm³/mol. The molecule has 0 radical (unpaired) electrons. The minimum atomic E-state index is -1.23. The van der Waals surface area contributed by atoms with Gasteiger partial charge < -0.3 is 15.7 Å². The third-order valence-electron chi connectivity index (χ3n) is 4.65. The lowest BCUT2D eigenvalue weighted by molar-refractivity contribution is -0.119. The molecule has 0 spiro atoms. The highest BCUT2D eigenvalue weighted by molar-refractivity contribution is 8.01. The molecule has 2 atom stereocenters. The maximum atomic E-state index is 13.3. The third-order valence-corrected chi connectivity index (χ3v) is 5.87. The van der Waals surface area contributed by atoms with Crippen LogP contribution in [0.2, 0.25) is 0 Å². The molecule has 1 amide bonds. The quantitative estimate of drug-likeness (QED) is 0.611. The van der Waals surface area contributed by atoms with Crippen LogP contribution in [0.15, 0.2) is 60.7 Å². The number of benzene rings is 3. The fourth-order valence-electron chi connectivity index (χ4n) is 3.32. The number of thioether (sulfide) groups is 1. The first-order valence-electron chi connectivity index (χ1n) is 8.73. The molecule has 5 nitrogen and oxygen atoms in total. The Bertz CT molecular complexity index is 1070. The monoisotopic (exact) mass is 396 g/mol. The number of anilines is 1. The molecule has 1 saturated heterocycles. The van der Waals surface area contributed by atoms with Gasteiger partial charge in [0.05, 0.1) is 16.5 Å². The summed E-state index contributed by atoms with van der Waals surface area (Å²) in [6, 6.07) is 17.6. The van der Waals surface area contributed by atoms with E-state index in [9.17, 15) is 19.1 Å². The van der Waals surface area contributed by atoms with Crippen molar-refractivity contribution in [3.63, 3.8) is 0 Å². The van der Waals surface area contributed by atoms with Crippen LogP contribution in [0, 0.1) is 5.82 Å². The molecule has 0 aliphatic carbocycles. The van der Waals surface area contributed by atoms with E-state index in [0.29, 0.717) is 6.42 Å². The van der Waals surface area contributed by atoms with Crippen molar-refractivity contribution < 1.29 is 19.1 Å². The average Bonchev–Trinajstić information content (AvgIpc) is 3.02. The number of carboxylic acid groups (broad SMARTS) is 1. The van der Waals surface area contributed by atoms with Crippen molar-refractivity contribution in [2.24, 2.45) is 0 Å². The number of carbonyl (C=O) groups is 2. The summed E-state index contributed by atoms with van der Waals surface area (Å²) in [5, 5.41) is 17.0. The summed E-state index contributed by atoms with van der Waals surface area (Å²) in [6.45, 7) is 0. The van der Waals surface area contributed by atoms with E-state index in [0.717, 1.165) is 22.4 Å². The molecule has 0 bridgehead atoms. The van der Waals surface area contributed by atoms with Gasteiger partial charge in [0.1, 0.15) is 11.3 Å². The van der Waals surface area contributed by atoms with E-state index < -0.39 is 17.3 Å². The van der Waals surface area contributed by atoms with Gasteiger partial charge in [-0.2, -0.15) is 0 Å². The van der Waals surface area contributed by atoms with Crippen molar-refractivity contribution in [2.45, 2.75) is 17.2 Å². The van der Waals surface area contributed by atoms with E-state index in [-0.39, 0.29) is 22.4 Å². The molecule has 3 aromatic carbocycles. The van der Waals surface area contributed by atoms with Crippen LogP contribution in [0.25, 0.3) is 10.8 Å². The van der Waals surface area contributed by atoms with Gasteiger partial charge in [0.25, 0.3) is 0 Å². The van der Waals surface area contributed by atoms with E-state index >= 15 is 0 Å². The molecule has 1 aliphatic heterocycles. The van der Waals surface area contributed by atoms with Crippen molar-refractivity contribution in [3.05, 3.63) is 77.6 Å². The first kappa shape index (κ1) is 18.3. The zero-order valence-electron chi connectivity index (χ0n) is 14.7. The van der Waals surface area contributed by atoms with Gasteiger partial charge in [-0.1, -0.05) is 42.5 Å². The van der Waals surface area contributed by atoms with Crippen molar-refractivity contribution >= 4 is 40.1 Å². The summed E-state index contributed by atoms with van der Waals surface area (Å²) in [5.74, 6) is -1.97. The third kappa shape index (κ3) is 3.66. The number of rotatable bonds is 5. The second-order valence-electron chi connectivity index (χ2n) is 6.50. The van der Waals surface area contributed by atoms with Gasteiger partial charge in [0, 0.05) is 0 Å². The largest absolute Gasteiger partial charge is 0.478 e. The Balaban J connectivity index is 1.51. The van der Waals surface area contributed by atoms with Crippen LogP contribution in [0.4, 0.5) is 10.1 Å². The average molecular weight is 396 g/mol. The lowest BCUT2D eigenvalue weighted by Gasteiger charge is -2.15. The molecule has 1 aliphatic rings. The summed E-state index contributed by atoms with van der Waals surface area (Å²) >= 11 is 1.38. The number of amides is 1. The molecule has 3 aromatic rings. The molecule has 0 aromatic heterocycles. The Kier molecular flexibility index (Phi) is 4.92. The smallest absolute Gasteiger partial charge is 0.337 e. The predicted octanol–water partition coefficient (Wildman–Crippen LogP) is 3.85. The molecule has 28 heavy (non-hydrogen) atoms. The van der Waals surface area contributed by atoms with Crippen molar-refractivity contribution in [1.29, 1.82) is 0 Å². The van der Waals surface area contributed by atoms with E-state index in [1.807, 2.05) is 42.5 Å². The van der Waals surface area contributed by atoms with Gasteiger partial charge >= 0.3 is 5.97 Å². The summed E-state index contributed by atoms with van der Waals surface area (Å²) in [7, 11) is 0. The molecule has 4 rings (SSSR count). The van der Waals surface area contributed by atoms with E-state index in [2.05, 4.69) is 10.6 Å². The Morgan fingerprint density at radius 2 is 1.93 bits per heavy atom. The van der Waals surface area contributed by atoms with Gasteiger partial charge in [-0.3, -0.25) is 4.79 Å². The van der Waals surface area contributed by atoms with Crippen LogP contribution < -0.4 is 10.6 Å². The van der Waals surface area contributed by atoms with E-state index in [1.165, 1.54) is 23.9 Å². The number of hydrogen-bond donors (Lipinski definition) is 3. The molecule has 1 fully saturated rings. The Labute approximate surface area is 164 Å². The van der Waals surface area contributed by atoms with Gasteiger partial charge in [-0.15, -0.1) is 11.8 Å². The topological polar surface area (TPSA) is 78.4 Å². The molecule has 0 saturated carbocycles. The number of halogens is 1. The number of aromatic carboxylic acids is 1. The Morgan fingerprint density at radius 3 is 2.75 bits per heavy atom. The van der Waals surface area contributed by atoms with Gasteiger partial charge in [-0.25, -0.2) is 9.18 Å². The van der Waals surface area contributed by atoms with Crippen molar-refractivity contribution in [3.8, 4) is 0 Å². The minimum Gasteiger partial charge on any atom is -0.478 e. The molecule has 142 valence electrons. The summed E-state index contributed by atoms with van der Waals surface area (Å²) in [6.07, 6.45) is 0.561. The number of carboxylic acids is 1. The lowest BCUT2D eigenvalue weighted by atomic mass is 10.0. The second kappa shape index (κ2) is 7.52. The first-order chi connectivity index (χ1) is 13.5. The molecule has 2 unspecified atom stereocenters. The first-order valence-corrected chi connectivity index (χ1v) is 9.67. The molecule has 7 heteroatoms. The van der Waals surface area contributed by atoms with Crippen LogP contribution in [0.3, 0.4) is 0 Å². The molecular formula is C21H17FN2O3S. The van der Waals surface area contributed by atoms with Crippen molar-refractivity contribution in [2.75, 3.05) is 5.32 Å². The summed E-state index contributed by atoms with van der Waals surface area (Å²) in [4.78, 5) is 23.8. The highest BCUT2D eigenvalue weighted by atomic mass is 32.2. The standard InChI is InChI=1S/C21H17FN2O3S/c22-14-8-9-17(16(11-14)20(26)27)23-21-24-19(25)18(28-21)10-13-6-3-5-12-4-1-2-7-15(12)13/h1-9,11,18,21,23H,10H2,(H,24,25)(H,26,27). The van der Waals surface area contributed by atoms with Gasteiger partial charge in [0.2, 0.25) is 5.91 Å². The maximum absolute atomic E-state index is 13.3. The molecule has 1 heterocycles. The van der Waals surface area contributed by atoms with Crippen LogP contribution in [-0.4, -0.2) is 27.7 Å². The highest BCUT2D eigenvalue weighted by Gasteiger charge is 2.33. The molecule has 3 N–H and O–H groups in total. The van der Waals surface area contributed by atoms with Crippen LogP contribution >= 0.6 is 11.8 Å². The van der Waals surface area contributed by atoms with E-state index in [4.69, 9.17) is 0 Å². The second-order valence-corrected chi connectivity index (χ2v) is 7.81. The zero-order valence-corrected chi connectivity index (χ0v) is 15.5. The van der Waals surface area contributed by atoms with Crippen LogP contribution in [0.5, 0.6) is 0 Å². The van der Waals surface area contributed by atoms with Gasteiger partial charge in [0.15, 0.2) is 0 Å². The zero-order chi connectivity index (χ0) is 19.7. The van der Waals surface area contributed by atoms with E-state index in [1.54, 1.807) is 0 Å². The number of fused-ring (bicyclic) bond motifs is 1. The number of carbonyl (C=O) groups excluding carboxylic acids is 1. The minimum absolute atomic E-state index is 0.116. The summed E-state index contributed by atoms with van der Waals surface area (Å²) < 4.78 is 13.3. The van der Waals surface area contributed by atoms with Gasteiger partial charge in [-0.05, 0) is 41.0 Å². The van der Waals surface area contributed by atoms with Crippen LogP contribution in [-0.2, 0) is 11.2 Å². The Hall–Kier alpha value is -3.06. The maximum Gasteiger partial charge on any atom is 0.337 e. The van der Waals surface area contributed by atoms with Crippen molar-refractivity contribution in [1.82, 2.24) is 5.32 Å². The Morgan fingerprint density at radius 1 is 1.14 bits per heavy atom. The molecular weight excluding hydrogens is 379 g/mol. The normalized spacial score (nSPS) is 18.8. The fourth-order valence-corrected chi connectivity index (χ4v) is 4.50. The highest BCUT2D eigenvalue weighted by Crippen LogP contribution is 2.31.